The van der Waals surface area contributed by atoms with E-state index in [1.54, 1.807) is 0 Å². The van der Waals surface area contributed by atoms with Crippen LogP contribution in [-0.2, 0) is 0 Å². The second-order valence-corrected chi connectivity index (χ2v) is 10.0. The minimum atomic E-state index is 0.303. The largest absolute Gasteiger partial charge is 0.367 e. The number of aromatic nitrogens is 2. The molecule has 0 aliphatic carbocycles. The maximum Gasteiger partial charge on any atom is 0.154 e. The van der Waals surface area contributed by atoms with Crippen LogP contribution in [0.2, 0.25) is 5.02 Å². The van der Waals surface area contributed by atoms with Gasteiger partial charge in [0.05, 0.1) is 5.52 Å². The van der Waals surface area contributed by atoms with Gasteiger partial charge in [-0.2, -0.15) is 0 Å². The van der Waals surface area contributed by atoms with E-state index >= 15 is 0 Å². The Kier molecular flexibility index (Phi) is 9.53. The third kappa shape index (κ3) is 7.01. The monoisotopic (exact) mass is 578 g/mol. The lowest BCUT2D eigenvalue weighted by molar-refractivity contribution is 0.295. The molecule has 0 saturated carbocycles. The molecule has 7 heteroatoms. The molecule has 0 aliphatic rings. The van der Waals surface area contributed by atoms with Gasteiger partial charge >= 0.3 is 0 Å². The number of benzene rings is 2. The Morgan fingerprint density at radius 2 is 1.84 bits per heavy atom. The molecule has 170 valence electrons. The van der Waals surface area contributed by atoms with Gasteiger partial charge in [0.15, 0.2) is 5.82 Å². The first-order valence-electron chi connectivity index (χ1n) is 11.0. The first-order chi connectivity index (χ1) is 15.4. The number of nitrogens with one attached hydrogen (secondary N) is 1. The van der Waals surface area contributed by atoms with Crippen molar-refractivity contribution >= 4 is 72.3 Å². The summed E-state index contributed by atoms with van der Waals surface area (Å²) in [5, 5.41) is 5.25. The van der Waals surface area contributed by atoms with E-state index in [9.17, 15) is 0 Å². The average molecular weight is 581 g/mol. The van der Waals surface area contributed by atoms with Crippen molar-refractivity contribution in [3.8, 4) is 0 Å². The van der Waals surface area contributed by atoms with Crippen LogP contribution in [0.1, 0.15) is 45.0 Å². The van der Waals surface area contributed by atoms with E-state index in [1.807, 2.05) is 48.6 Å². The quantitative estimate of drug-likeness (QED) is 0.265. The summed E-state index contributed by atoms with van der Waals surface area (Å²) in [5.41, 5.74) is 1.89. The Morgan fingerprint density at radius 3 is 2.56 bits per heavy atom. The summed E-state index contributed by atoms with van der Waals surface area (Å²) < 4.78 is 2.03. The zero-order valence-corrected chi connectivity index (χ0v) is 22.6. The molecule has 0 aliphatic heterocycles. The summed E-state index contributed by atoms with van der Waals surface area (Å²) in [6, 6.07) is 12.1. The fraction of sp³-hybridized carbons (Fsp3) is 0.360. The summed E-state index contributed by atoms with van der Waals surface area (Å²) in [6.07, 6.45) is 6.17. The standard InChI is InChI=1S/C25H29Br2ClN4/c1-4-32(5-2)14-6-7-17(3)29-25-21-12-11-20(28)16-23(21)30-24(31-25)13-9-18-8-10-19(26)15-22(18)27/h8-13,15-17H,4-7,14H2,1-3H3,(H,29,30,31)/b13-9-/t17-/m1/s1. The van der Waals surface area contributed by atoms with Crippen LogP contribution in [0.15, 0.2) is 45.3 Å². The van der Waals surface area contributed by atoms with Gasteiger partial charge in [0.1, 0.15) is 5.82 Å². The zero-order chi connectivity index (χ0) is 23.1. The molecule has 1 aromatic heterocycles. The number of hydrogen-bond donors (Lipinski definition) is 1. The highest BCUT2D eigenvalue weighted by molar-refractivity contribution is 9.11. The van der Waals surface area contributed by atoms with E-state index in [2.05, 4.69) is 62.8 Å². The van der Waals surface area contributed by atoms with Crippen molar-refractivity contribution < 1.29 is 0 Å². The number of hydrogen-bond acceptors (Lipinski definition) is 4. The fourth-order valence-corrected chi connectivity index (χ4v) is 4.92. The van der Waals surface area contributed by atoms with E-state index in [-0.39, 0.29) is 0 Å². The van der Waals surface area contributed by atoms with Gasteiger partial charge in [-0.1, -0.05) is 69.5 Å². The summed E-state index contributed by atoms with van der Waals surface area (Å²) in [7, 11) is 0. The molecule has 1 atom stereocenters. The summed E-state index contributed by atoms with van der Waals surface area (Å²) in [6.45, 7) is 9.95. The maximum absolute atomic E-state index is 6.25. The molecular formula is C25H29Br2ClN4. The van der Waals surface area contributed by atoms with E-state index < -0.39 is 0 Å². The van der Waals surface area contributed by atoms with E-state index in [0.717, 1.165) is 63.7 Å². The van der Waals surface area contributed by atoms with Crippen molar-refractivity contribution in [3.63, 3.8) is 0 Å². The number of rotatable bonds is 10. The molecule has 0 spiro atoms. The van der Waals surface area contributed by atoms with Gasteiger partial charge in [-0.25, -0.2) is 9.97 Å². The zero-order valence-electron chi connectivity index (χ0n) is 18.7. The second-order valence-electron chi connectivity index (χ2n) is 7.81. The number of nitrogens with zero attached hydrogens (tertiary/aromatic N) is 3. The van der Waals surface area contributed by atoms with Crippen LogP contribution in [0, 0.1) is 0 Å². The van der Waals surface area contributed by atoms with Crippen molar-refractivity contribution in [1.29, 1.82) is 0 Å². The lowest BCUT2D eigenvalue weighted by Gasteiger charge is -2.20. The van der Waals surface area contributed by atoms with E-state index in [0.29, 0.717) is 16.9 Å². The second kappa shape index (κ2) is 12.1. The lowest BCUT2D eigenvalue weighted by Crippen LogP contribution is -2.25. The predicted octanol–water partition coefficient (Wildman–Crippen LogP) is 7.90. The summed E-state index contributed by atoms with van der Waals surface area (Å²) >= 11 is 13.3. The topological polar surface area (TPSA) is 41.0 Å². The molecule has 3 aromatic rings. The van der Waals surface area contributed by atoms with Gasteiger partial charge in [-0.05, 0) is 81.4 Å². The highest BCUT2D eigenvalue weighted by atomic mass is 79.9. The van der Waals surface area contributed by atoms with Crippen molar-refractivity contribution in [1.82, 2.24) is 14.9 Å². The minimum absolute atomic E-state index is 0.303. The Labute approximate surface area is 212 Å². The maximum atomic E-state index is 6.25. The van der Waals surface area contributed by atoms with Crippen LogP contribution >= 0.6 is 43.5 Å². The Hall–Kier alpha value is -1.47. The minimum Gasteiger partial charge on any atom is -0.367 e. The van der Waals surface area contributed by atoms with Crippen LogP contribution in [0.25, 0.3) is 23.1 Å². The molecular weight excluding hydrogens is 552 g/mol. The van der Waals surface area contributed by atoms with E-state index in [1.165, 1.54) is 0 Å². The molecule has 0 saturated heterocycles. The van der Waals surface area contributed by atoms with Crippen molar-refractivity contribution in [3.05, 3.63) is 61.8 Å². The van der Waals surface area contributed by atoms with Crippen molar-refractivity contribution in [2.75, 3.05) is 25.0 Å². The van der Waals surface area contributed by atoms with Crippen LogP contribution in [0.5, 0.6) is 0 Å². The smallest absolute Gasteiger partial charge is 0.154 e. The van der Waals surface area contributed by atoms with Crippen molar-refractivity contribution in [2.24, 2.45) is 0 Å². The summed E-state index contributed by atoms with van der Waals surface area (Å²) in [5.74, 6) is 1.49. The van der Waals surface area contributed by atoms with Crippen LogP contribution in [-0.4, -0.2) is 40.5 Å². The third-order valence-electron chi connectivity index (χ3n) is 5.44. The molecule has 2 aromatic carbocycles. The molecule has 1 N–H and O–H groups in total. The third-order valence-corrected chi connectivity index (χ3v) is 6.85. The number of fused-ring (bicyclic) bond motifs is 1. The molecule has 0 bridgehead atoms. The molecule has 4 nitrogen and oxygen atoms in total. The lowest BCUT2D eigenvalue weighted by atomic mass is 10.1. The molecule has 0 unspecified atom stereocenters. The molecule has 0 radical (unpaired) electrons. The Balaban J connectivity index is 1.82. The number of anilines is 1. The Morgan fingerprint density at radius 1 is 1.06 bits per heavy atom. The highest BCUT2D eigenvalue weighted by Crippen LogP contribution is 2.27. The van der Waals surface area contributed by atoms with Gasteiger partial charge in [0, 0.05) is 25.4 Å². The van der Waals surface area contributed by atoms with Gasteiger partial charge in [-0.3, -0.25) is 0 Å². The predicted molar refractivity (Wildman–Crippen MR) is 145 cm³/mol. The molecule has 3 rings (SSSR count). The van der Waals surface area contributed by atoms with Crippen LogP contribution in [0.3, 0.4) is 0 Å². The van der Waals surface area contributed by atoms with Crippen molar-refractivity contribution in [2.45, 2.75) is 39.7 Å². The highest BCUT2D eigenvalue weighted by Gasteiger charge is 2.11. The fourth-order valence-electron chi connectivity index (χ4n) is 3.57. The molecule has 1 heterocycles. The number of halogens is 3. The first-order valence-corrected chi connectivity index (χ1v) is 12.9. The summed E-state index contributed by atoms with van der Waals surface area (Å²) in [4.78, 5) is 12.0. The van der Waals surface area contributed by atoms with Gasteiger partial charge in [0.2, 0.25) is 0 Å². The molecule has 32 heavy (non-hydrogen) atoms. The molecule has 0 fully saturated rings. The van der Waals surface area contributed by atoms with Crippen LogP contribution < -0.4 is 5.32 Å². The SMILES string of the molecule is CCN(CC)CCC[C@@H](C)Nc1nc(/C=C\c2ccc(Br)cc2Br)nc2cc(Cl)ccc12. The average Bonchev–Trinajstić information content (AvgIpc) is 2.76. The first kappa shape index (κ1) is 25.2. The van der Waals surface area contributed by atoms with Gasteiger partial charge in [0.25, 0.3) is 0 Å². The molecule has 0 amide bonds. The Bertz CT molecular complexity index is 1080. The van der Waals surface area contributed by atoms with E-state index in [4.69, 9.17) is 21.6 Å². The van der Waals surface area contributed by atoms with Gasteiger partial charge < -0.3 is 10.2 Å². The van der Waals surface area contributed by atoms with Gasteiger partial charge in [-0.15, -0.1) is 0 Å². The normalized spacial score (nSPS) is 12.7. The van der Waals surface area contributed by atoms with Crippen LogP contribution in [0.4, 0.5) is 5.82 Å².